The first-order chi connectivity index (χ1) is 15.1. The number of hydrogen-bond donors (Lipinski definition) is 0. The first kappa shape index (κ1) is 23.1. The maximum atomic E-state index is 5.98. The second kappa shape index (κ2) is 11.1. The molecule has 1 aromatic heterocycles. The number of fused-ring (bicyclic) bond motifs is 1. The fourth-order valence-electron chi connectivity index (χ4n) is 3.05. The molecule has 1 heterocycles. The summed E-state index contributed by atoms with van der Waals surface area (Å²) < 4.78 is 24.1. The molecule has 0 fully saturated rings. The van der Waals surface area contributed by atoms with E-state index in [0.717, 1.165) is 33.5 Å². The molecule has 3 aromatic rings. The summed E-state index contributed by atoms with van der Waals surface area (Å²) in [4.78, 5) is 9.05. The number of methoxy groups -OCH3 is 2. The van der Waals surface area contributed by atoms with Crippen LogP contribution in [0.15, 0.2) is 36.7 Å². The van der Waals surface area contributed by atoms with Crippen molar-refractivity contribution in [3.05, 3.63) is 47.8 Å². The Kier molecular flexibility index (Phi) is 8.28. The lowest BCUT2D eigenvalue weighted by Crippen LogP contribution is -2.11. The Morgan fingerprint density at radius 3 is 2.48 bits per heavy atom. The van der Waals surface area contributed by atoms with Gasteiger partial charge in [0.2, 0.25) is 0 Å². The second-order valence-corrected chi connectivity index (χ2v) is 7.55. The predicted molar refractivity (Wildman–Crippen MR) is 130 cm³/mol. The molecule has 0 bridgehead atoms. The maximum absolute atomic E-state index is 5.98. The minimum absolute atomic E-state index is 0.392. The number of benzene rings is 2. The number of halogens is 1. The largest absolute Gasteiger partial charge is 0.487 e. The fourth-order valence-corrected chi connectivity index (χ4v) is 3.74. The Bertz CT molecular complexity index is 1080. The number of nitrogens with zero attached hydrogens (tertiary/aromatic N) is 3. The highest BCUT2D eigenvalue weighted by molar-refractivity contribution is 14.1. The first-order valence-corrected chi connectivity index (χ1v) is 10.6. The molecule has 0 aliphatic carbocycles. The number of aromatic nitrogens is 2. The van der Waals surface area contributed by atoms with Crippen molar-refractivity contribution in [3.8, 4) is 23.8 Å². The molecule has 8 heteroatoms. The molecule has 0 atom stereocenters. The van der Waals surface area contributed by atoms with E-state index >= 15 is 0 Å². The third-order valence-electron chi connectivity index (χ3n) is 4.56. The SMILES string of the molecule is C#Cc1cccc(N(I)c2ncnc3c(C)c(OCCOC)c(OCCOC)cc23)c1. The van der Waals surface area contributed by atoms with Crippen molar-refractivity contribution in [2.45, 2.75) is 6.92 Å². The predicted octanol–water partition coefficient (Wildman–Crippen LogP) is 4.46. The van der Waals surface area contributed by atoms with Crippen LogP contribution in [0.2, 0.25) is 0 Å². The van der Waals surface area contributed by atoms with Gasteiger partial charge in [-0.1, -0.05) is 12.0 Å². The normalized spacial score (nSPS) is 10.7. The van der Waals surface area contributed by atoms with Crippen LogP contribution in [0.25, 0.3) is 10.9 Å². The molecular weight excluding hydrogens is 509 g/mol. The molecule has 0 saturated carbocycles. The van der Waals surface area contributed by atoms with Crippen LogP contribution < -0.4 is 12.6 Å². The summed E-state index contributed by atoms with van der Waals surface area (Å²) in [6, 6.07) is 9.64. The van der Waals surface area contributed by atoms with Crippen molar-refractivity contribution < 1.29 is 18.9 Å². The Morgan fingerprint density at radius 1 is 1.03 bits per heavy atom. The highest BCUT2D eigenvalue weighted by Crippen LogP contribution is 2.41. The summed E-state index contributed by atoms with van der Waals surface area (Å²) in [7, 11) is 3.27. The molecule has 0 amide bonds. The summed E-state index contributed by atoms with van der Waals surface area (Å²) in [6.45, 7) is 3.68. The fraction of sp³-hybridized carbons (Fsp3) is 0.304. The number of rotatable bonds is 10. The van der Waals surface area contributed by atoms with Gasteiger partial charge >= 0.3 is 0 Å². The first-order valence-electron chi connectivity index (χ1n) is 9.65. The standard InChI is InChI=1S/C23H24IN3O4/c1-5-17-7-6-8-18(13-17)27(24)23-19-14-20(30-11-9-28-3)22(31-12-10-29-4)16(2)21(19)25-15-26-23/h1,6-8,13-15H,9-12H2,2-4H3. The number of hydrogen-bond acceptors (Lipinski definition) is 7. The van der Waals surface area contributed by atoms with Gasteiger partial charge in [-0.15, -0.1) is 6.42 Å². The summed E-state index contributed by atoms with van der Waals surface area (Å²) in [5.74, 6) is 4.64. The minimum Gasteiger partial charge on any atom is -0.487 e. The summed E-state index contributed by atoms with van der Waals surface area (Å²) >= 11 is 2.21. The molecule has 0 unspecified atom stereocenters. The van der Waals surface area contributed by atoms with E-state index in [9.17, 15) is 0 Å². The van der Waals surface area contributed by atoms with E-state index in [1.807, 2.05) is 40.4 Å². The van der Waals surface area contributed by atoms with Gasteiger partial charge in [0, 0.05) is 30.7 Å². The van der Waals surface area contributed by atoms with E-state index in [4.69, 9.17) is 25.4 Å². The molecule has 7 nitrogen and oxygen atoms in total. The van der Waals surface area contributed by atoms with Crippen LogP contribution >= 0.6 is 22.9 Å². The van der Waals surface area contributed by atoms with Gasteiger partial charge in [0.25, 0.3) is 0 Å². The van der Waals surface area contributed by atoms with Gasteiger partial charge < -0.3 is 18.9 Å². The van der Waals surface area contributed by atoms with E-state index in [2.05, 4.69) is 38.8 Å². The van der Waals surface area contributed by atoms with Gasteiger partial charge in [-0.3, -0.25) is 3.11 Å². The van der Waals surface area contributed by atoms with Gasteiger partial charge in [-0.25, -0.2) is 9.97 Å². The van der Waals surface area contributed by atoms with Crippen LogP contribution in [0.4, 0.5) is 11.5 Å². The van der Waals surface area contributed by atoms with E-state index in [1.165, 1.54) is 0 Å². The quantitative estimate of drug-likeness (QED) is 0.165. The van der Waals surface area contributed by atoms with Gasteiger partial charge in [0.15, 0.2) is 17.3 Å². The van der Waals surface area contributed by atoms with E-state index < -0.39 is 0 Å². The molecule has 2 aromatic carbocycles. The zero-order valence-electron chi connectivity index (χ0n) is 17.7. The summed E-state index contributed by atoms with van der Waals surface area (Å²) in [5, 5.41) is 0.840. The van der Waals surface area contributed by atoms with Crippen LogP contribution in [0, 0.1) is 19.3 Å². The molecule has 162 valence electrons. The van der Waals surface area contributed by atoms with Crippen LogP contribution in [0.5, 0.6) is 11.5 Å². The lowest BCUT2D eigenvalue weighted by molar-refractivity contribution is 0.132. The molecule has 0 N–H and O–H groups in total. The Labute approximate surface area is 196 Å². The maximum Gasteiger partial charge on any atom is 0.166 e. The van der Waals surface area contributed by atoms with Crippen molar-refractivity contribution in [1.82, 2.24) is 9.97 Å². The Morgan fingerprint density at radius 2 is 1.77 bits per heavy atom. The minimum atomic E-state index is 0.392. The average Bonchev–Trinajstić information content (AvgIpc) is 2.80. The summed E-state index contributed by atoms with van der Waals surface area (Å²) in [6.07, 6.45) is 7.11. The van der Waals surface area contributed by atoms with Crippen LogP contribution in [-0.4, -0.2) is 50.6 Å². The molecule has 0 saturated heterocycles. The molecule has 31 heavy (non-hydrogen) atoms. The van der Waals surface area contributed by atoms with Gasteiger partial charge in [0.05, 0.1) is 47.3 Å². The zero-order valence-corrected chi connectivity index (χ0v) is 19.9. The summed E-state index contributed by atoms with van der Waals surface area (Å²) in [5.41, 5.74) is 3.36. The smallest absolute Gasteiger partial charge is 0.166 e. The molecule has 0 aliphatic rings. The van der Waals surface area contributed by atoms with E-state index in [1.54, 1.807) is 20.5 Å². The number of anilines is 2. The van der Waals surface area contributed by atoms with Crippen molar-refractivity contribution in [1.29, 1.82) is 0 Å². The zero-order chi connectivity index (χ0) is 22.2. The second-order valence-electron chi connectivity index (χ2n) is 6.58. The van der Waals surface area contributed by atoms with Crippen molar-refractivity contribution in [2.24, 2.45) is 0 Å². The van der Waals surface area contributed by atoms with Crippen molar-refractivity contribution in [3.63, 3.8) is 0 Å². The van der Waals surface area contributed by atoms with Gasteiger partial charge in [0.1, 0.15) is 19.5 Å². The monoisotopic (exact) mass is 533 g/mol. The third kappa shape index (κ3) is 5.36. The Hall–Kier alpha value is -2.61. The van der Waals surface area contributed by atoms with Crippen molar-refractivity contribution >= 4 is 45.3 Å². The highest BCUT2D eigenvalue weighted by Gasteiger charge is 2.20. The lowest BCUT2D eigenvalue weighted by atomic mass is 10.1. The molecule has 3 rings (SSSR count). The lowest BCUT2D eigenvalue weighted by Gasteiger charge is -2.21. The van der Waals surface area contributed by atoms with Gasteiger partial charge in [-0.05, 0) is 31.2 Å². The third-order valence-corrected chi connectivity index (χ3v) is 5.58. The number of ether oxygens (including phenoxy) is 4. The molecular formula is C23H24IN3O4. The Balaban J connectivity index is 2.10. The van der Waals surface area contributed by atoms with Crippen molar-refractivity contribution in [2.75, 3.05) is 43.8 Å². The molecule has 0 spiro atoms. The molecule has 0 aliphatic heterocycles. The topological polar surface area (TPSA) is 65.9 Å². The van der Waals surface area contributed by atoms with Gasteiger partial charge in [-0.2, -0.15) is 0 Å². The van der Waals surface area contributed by atoms with E-state index in [-0.39, 0.29) is 0 Å². The number of aryl methyl sites for hydroxylation is 1. The van der Waals surface area contributed by atoms with Crippen LogP contribution in [0.3, 0.4) is 0 Å². The van der Waals surface area contributed by atoms with Crippen LogP contribution in [-0.2, 0) is 9.47 Å². The number of terminal acetylenes is 1. The molecule has 0 radical (unpaired) electrons. The van der Waals surface area contributed by atoms with Crippen LogP contribution in [0.1, 0.15) is 11.1 Å². The highest BCUT2D eigenvalue weighted by atomic mass is 127. The van der Waals surface area contributed by atoms with E-state index in [0.29, 0.717) is 37.9 Å². The average molecular weight is 533 g/mol.